The number of hydrogen-bond donors (Lipinski definition) is 3. The zero-order valence-electron chi connectivity index (χ0n) is 22.5. The molecule has 4 nitrogen and oxygen atoms in total. The predicted molar refractivity (Wildman–Crippen MR) is 159 cm³/mol. The van der Waals surface area contributed by atoms with Crippen molar-refractivity contribution in [2.45, 2.75) is 52.1 Å². The average Bonchev–Trinajstić information content (AvgIpc) is 3.18. The molecule has 1 aromatic rings. The van der Waals surface area contributed by atoms with Crippen molar-refractivity contribution in [2.75, 3.05) is 6.54 Å². The summed E-state index contributed by atoms with van der Waals surface area (Å²) >= 11 is 0. The van der Waals surface area contributed by atoms with Gasteiger partial charge in [-0.3, -0.25) is 0 Å². The minimum atomic E-state index is 0.224. The van der Waals surface area contributed by atoms with Crippen molar-refractivity contribution in [1.82, 2.24) is 20.9 Å². The van der Waals surface area contributed by atoms with Gasteiger partial charge in [0.25, 0.3) is 0 Å². The molecule has 192 valence electrons. The van der Waals surface area contributed by atoms with Gasteiger partial charge in [0.15, 0.2) is 0 Å². The largest absolute Gasteiger partial charge is 0.385 e. The Labute approximate surface area is 223 Å². The van der Waals surface area contributed by atoms with Crippen LogP contribution in [0.4, 0.5) is 0 Å². The lowest BCUT2D eigenvalue weighted by Crippen LogP contribution is -2.39. The summed E-state index contributed by atoms with van der Waals surface area (Å²) in [5, 5.41) is 9.90. The van der Waals surface area contributed by atoms with Gasteiger partial charge in [-0.15, -0.1) is 0 Å². The van der Waals surface area contributed by atoms with Crippen molar-refractivity contribution in [3.63, 3.8) is 0 Å². The van der Waals surface area contributed by atoms with Crippen molar-refractivity contribution < 1.29 is 0 Å². The van der Waals surface area contributed by atoms with E-state index in [0.29, 0.717) is 0 Å². The highest BCUT2D eigenvalue weighted by molar-refractivity contribution is 5.72. The van der Waals surface area contributed by atoms with Crippen molar-refractivity contribution in [1.29, 1.82) is 0 Å². The van der Waals surface area contributed by atoms with Crippen LogP contribution < -0.4 is 16.0 Å². The van der Waals surface area contributed by atoms with E-state index in [0.717, 1.165) is 84.1 Å². The van der Waals surface area contributed by atoms with E-state index < -0.39 is 0 Å². The lowest BCUT2D eigenvalue weighted by Gasteiger charge is -2.36. The van der Waals surface area contributed by atoms with Crippen LogP contribution >= 0.6 is 0 Å². The first-order chi connectivity index (χ1) is 17.7. The van der Waals surface area contributed by atoms with Gasteiger partial charge in [-0.25, -0.2) is 0 Å². The fourth-order valence-corrected chi connectivity index (χ4v) is 4.63. The highest BCUT2D eigenvalue weighted by Gasteiger charge is 2.32. The Morgan fingerprint density at radius 3 is 2.68 bits per heavy atom. The maximum Gasteiger partial charge on any atom is 0.0693 e. The lowest BCUT2D eigenvalue weighted by atomic mass is 10.0. The molecule has 1 atom stereocenters. The minimum absolute atomic E-state index is 0.224. The fourth-order valence-electron chi connectivity index (χ4n) is 4.63. The van der Waals surface area contributed by atoms with E-state index in [1.54, 1.807) is 0 Å². The Bertz CT molecular complexity index is 1240. The number of allylic oxidation sites excluding steroid dienone is 6. The van der Waals surface area contributed by atoms with Crippen LogP contribution in [-0.2, 0) is 6.54 Å². The maximum atomic E-state index is 4.39. The summed E-state index contributed by atoms with van der Waals surface area (Å²) < 4.78 is 0. The average molecular weight is 493 g/mol. The standard InChI is InChI=1S/C33H40N4/c1-9-29(19-17-24(4)35-23(2)3)26(6)34-21-12-10-11-14-30-15-13-16-31-28(8)37(22-32(30)31)33-20-18-25(5)36-27(33)7/h9,13,15-17,19,33-36H,1-2,5-8,10,12,18,20-22H2,3-4H3/b24-17+,29-19+. The van der Waals surface area contributed by atoms with Gasteiger partial charge in [-0.05, 0) is 56.4 Å². The first-order valence-corrected chi connectivity index (χ1v) is 12.8. The van der Waals surface area contributed by atoms with Crippen LogP contribution in [0.1, 0.15) is 56.2 Å². The van der Waals surface area contributed by atoms with Gasteiger partial charge in [0.05, 0.1) is 6.04 Å². The topological polar surface area (TPSA) is 39.3 Å². The highest BCUT2D eigenvalue weighted by Crippen LogP contribution is 2.38. The molecule has 2 aliphatic heterocycles. The summed E-state index contributed by atoms with van der Waals surface area (Å²) in [5.41, 5.74) is 10.3. The molecule has 0 aromatic heterocycles. The first-order valence-electron chi connectivity index (χ1n) is 12.8. The van der Waals surface area contributed by atoms with Gasteiger partial charge < -0.3 is 20.9 Å². The Balaban J connectivity index is 1.54. The Morgan fingerprint density at radius 2 is 1.97 bits per heavy atom. The molecule has 4 heteroatoms. The smallest absolute Gasteiger partial charge is 0.0693 e. The second-order valence-electron chi connectivity index (χ2n) is 9.61. The summed E-state index contributed by atoms with van der Waals surface area (Å²) in [6.07, 6.45) is 9.47. The molecule has 1 saturated heterocycles. The minimum Gasteiger partial charge on any atom is -0.385 e. The van der Waals surface area contributed by atoms with Crippen LogP contribution in [0.5, 0.6) is 0 Å². The van der Waals surface area contributed by atoms with Crippen LogP contribution in [-0.4, -0.2) is 17.5 Å². The molecule has 37 heavy (non-hydrogen) atoms. The van der Waals surface area contributed by atoms with E-state index in [-0.39, 0.29) is 6.04 Å². The van der Waals surface area contributed by atoms with E-state index in [1.165, 1.54) is 11.1 Å². The molecule has 1 fully saturated rings. The summed E-state index contributed by atoms with van der Waals surface area (Å²) in [5.74, 6) is 6.77. The molecule has 0 saturated carbocycles. The summed E-state index contributed by atoms with van der Waals surface area (Å²) in [6.45, 7) is 30.1. The number of fused-ring (bicyclic) bond motifs is 1. The third-order valence-corrected chi connectivity index (χ3v) is 6.53. The molecule has 3 N–H and O–H groups in total. The molecule has 2 heterocycles. The molecular formula is C33H40N4. The van der Waals surface area contributed by atoms with Gasteiger partial charge in [-0.1, -0.05) is 75.6 Å². The Kier molecular flexibility index (Phi) is 9.46. The lowest BCUT2D eigenvalue weighted by molar-refractivity contribution is 0.297. The quantitative estimate of drug-likeness (QED) is 0.195. The number of piperidine rings is 1. The van der Waals surface area contributed by atoms with E-state index in [1.807, 2.05) is 32.1 Å². The Hall–Kier alpha value is -4.10. The second kappa shape index (κ2) is 12.7. The van der Waals surface area contributed by atoms with E-state index >= 15 is 0 Å². The molecule has 0 amide bonds. The highest BCUT2D eigenvalue weighted by atomic mass is 15.2. The monoisotopic (exact) mass is 492 g/mol. The van der Waals surface area contributed by atoms with Gasteiger partial charge in [-0.2, -0.15) is 0 Å². The fraction of sp³-hybridized carbons (Fsp3) is 0.273. The summed E-state index contributed by atoms with van der Waals surface area (Å²) in [7, 11) is 0. The molecule has 1 aromatic carbocycles. The van der Waals surface area contributed by atoms with Crippen molar-refractivity contribution in [3.8, 4) is 11.8 Å². The summed E-state index contributed by atoms with van der Waals surface area (Å²) in [4.78, 5) is 2.35. The molecule has 2 aliphatic rings. The maximum absolute atomic E-state index is 4.39. The number of nitrogens with one attached hydrogen (secondary N) is 3. The molecule has 0 radical (unpaired) electrons. The molecule has 0 aliphatic carbocycles. The Morgan fingerprint density at radius 1 is 1.19 bits per heavy atom. The molecule has 0 spiro atoms. The predicted octanol–water partition coefficient (Wildman–Crippen LogP) is 6.63. The number of nitrogens with zero attached hydrogens (tertiary/aromatic N) is 1. The van der Waals surface area contributed by atoms with Crippen LogP contribution in [0.25, 0.3) is 5.70 Å². The second-order valence-corrected chi connectivity index (χ2v) is 9.61. The number of unbranched alkanes of at least 4 members (excludes halogenated alkanes) is 1. The van der Waals surface area contributed by atoms with Gasteiger partial charge >= 0.3 is 0 Å². The number of rotatable bonds is 10. The molecule has 1 unspecified atom stereocenters. The third-order valence-electron chi connectivity index (χ3n) is 6.53. The van der Waals surface area contributed by atoms with E-state index in [2.05, 4.69) is 90.4 Å². The van der Waals surface area contributed by atoms with Crippen LogP contribution in [0.2, 0.25) is 0 Å². The van der Waals surface area contributed by atoms with Crippen molar-refractivity contribution in [3.05, 3.63) is 127 Å². The molecule has 0 bridgehead atoms. The first kappa shape index (κ1) is 27.5. The van der Waals surface area contributed by atoms with Crippen LogP contribution in [0.15, 0.2) is 110 Å². The zero-order chi connectivity index (χ0) is 26.9. The van der Waals surface area contributed by atoms with Crippen LogP contribution in [0, 0.1) is 11.8 Å². The van der Waals surface area contributed by atoms with Gasteiger partial charge in [0.2, 0.25) is 0 Å². The van der Waals surface area contributed by atoms with E-state index in [9.17, 15) is 0 Å². The number of benzene rings is 1. The molecule has 3 rings (SSSR count). The SMILES string of the molecule is C=C/C(=C\C=C(/C)NC(=C)C)C(=C)NCCCC#Cc1cccc2c1CN(C1CCC(=C)NC1=C)C2=C. The van der Waals surface area contributed by atoms with Crippen LogP contribution in [0.3, 0.4) is 0 Å². The third kappa shape index (κ3) is 7.21. The van der Waals surface area contributed by atoms with Gasteiger partial charge in [0, 0.05) is 64.8 Å². The van der Waals surface area contributed by atoms with Crippen molar-refractivity contribution >= 4 is 5.70 Å². The number of hydrogen-bond acceptors (Lipinski definition) is 4. The summed E-state index contributed by atoms with van der Waals surface area (Å²) in [6, 6.07) is 6.55. The normalized spacial score (nSPS) is 17.4. The molecular weight excluding hydrogens is 452 g/mol. The van der Waals surface area contributed by atoms with Gasteiger partial charge in [0.1, 0.15) is 0 Å². The van der Waals surface area contributed by atoms with Crippen molar-refractivity contribution in [2.24, 2.45) is 0 Å². The van der Waals surface area contributed by atoms with E-state index in [4.69, 9.17) is 0 Å². The zero-order valence-corrected chi connectivity index (χ0v) is 22.5.